The van der Waals surface area contributed by atoms with Crippen LogP contribution in [0.3, 0.4) is 0 Å². The van der Waals surface area contributed by atoms with Crippen LogP contribution in [0.1, 0.15) is 0 Å². The summed E-state index contributed by atoms with van der Waals surface area (Å²) in [5, 5.41) is 16.1. The second-order valence-electron chi connectivity index (χ2n) is 2.42. The Balaban J connectivity index is 2.93. The number of nitrogens with two attached hydrogens (primary N) is 2. The fourth-order valence-corrected chi connectivity index (χ4v) is 1.01. The maximum absolute atomic E-state index is 9.07. The van der Waals surface area contributed by atoms with Gasteiger partial charge in [-0.3, -0.25) is 0 Å². The highest BCUT2D eigenvalue weighted by Crippen LogP contribution is 2.23. The minimum absolute atomic E-state index is 0.341. The minimum Gasteiger partial charge on any atom is -0.410 e. The molecule has 0 aliphatic rings. The summed E-state index contributed by atoms with van der Waals surface area (Å²) in [6.45, 7) is 0. The molecular weight excluding hydrogens is 158 g/mol. The van der Waals surface area contributed by atoms with Crippen LogP contribution in [0.2, 0.25) is 0 Å². The summed E-state index contributed by atoms with van der Waals surface area (Å²) in [5.74, 6) is 0. The smallest absolute Gasteiger partial charge is 0.142 e. The molecule has 0 aliphatic carbocycles. The Hall–Kier alpha value is -1.98. The standard InChI is InChI=1S/C6H7N5O/c7-3-1-2-4-6(5(3)8)9-10-11(4)12/h1-2,12H,7-8H2. The highest BCUT2D eigenvalue weighted by atomic mass is 16.5. The van der Waals surface area contributed by atoms with Gasteiger partial charge in [0.05, 0.1) is 11.4 Å². The first-order valence-electron chi connectivity index (χ1n) is 3.29. The van der Waals surface area contributed by atoms with Gasteiger partial charge in [-0.2, -0.15) is 0 Å². The van der Waals surface area contributed by atoms with Crippen LogP contribution in [-0.4, -0.2) is 20.4 Å². The Labute approximate surface area is 67.3 Å². The summed E-state index contributed by atoms with van der Waals surface area (Å²) >= 11 is 0. The Morgan fingerprint density at radius 1 is 1.33 bits per heavy atom. The largest absolute Gasteiger partial charge is 0.410 e. The number of hydrogen-bond donors (Lipinski definition) is 3. The SMILES string of the molecule is Nc1ccc2c(nnn2O)c1N. The lowest BCUT2D eigenvalue weighted by Gasteiger charge is -1.98. The van der Waals surface area contributed by atoms with Crippen molar-refractivity contribution in [3.05, 3.63) is 12.1 Å². The van der Waals surface area contributed by atoms with Crippen molar-refractivity contribution < 1.29 is 5.21 Å². The van der Waals surface area contributed by atoms with Crippen LogP contribution in [0.5, 0.6) is 0 Å². The lowest BCUT2D eigenvalue weighted by Crippen LogP contribution is -1.96. The molecular formula is C6H7N5O. The Morgan fingerprint density at radius 3 is 2.83 bits per heavy atom. The Kier molecular flexibility index (Phi) is 1.12. The number of nitrogens with zero attached hydrogens (tertiary/aromatic N) is 3. The van der Waals surface area contributed by atoms with Crippen molar-refractivity contribution in [2.45, 2.75) is 0 Å². The second kappa shape index (κ2) is 2.00. The van der Waals surface area contributed by atoms with E-state index >= 15 is 0 Å². The van der Waals surface area contributed by atoms with Gasteiger partial charge >= 0.3 is 0 Å². The summed E-state index contributed by atoms with van der Waals surface area (Å²) in [6.07, 6.45) is 0. The number of aromatic nitrogens is 3. The van der Waals surface area contributed by atoms with Crippen molar-refractivity contribution in [1.82, 2.24) is 15.2 Å². The molecule has 0 bridgehead atoms. The third-order valence-electron chi connectivity index (χ3n) is 1.67. The van der Waals surface area contributed by atoms with E-state index in [2.05, 4.69) is 10.3 Å². The first kappa shape index (κ1) is 6.71. The van der Waals surface area contributed by atoms with Gasteiger partial charge in [-0.05, 0) is 17.3 Å². The highest BCUT2D eigenvalue weighted by Gasteiger charge is 2.07. The molecule has 2 aromatic rings. The number of benzene rings is 1. The van der Waals surface area contributed by atoms with Gasteiger partial charge in [-0.1, -0.05) is 4.85 Å². The van der Waals surface area contributed by atoms with E-state index in [0.29, 0.717) is 27.3 Å². The number of anilines is 2. The van der Waals surface area contributed by atoms with E-state index in [0.717, 1.165) is 0 Å². The molecule has 1 aromatic heterocycles. The van der Waals surface area contributed by atoms with E-state index in [9.17, 15) is 0 Å². The summed E-state index contributed by atoms with van der Waals surface area (Å²) in [6, 6.07) is 3.19. The molecule has 0 amide bonds. The van der Waals surface area contributed by atoms with Crippen molar-refractivity contribution in [2.24, 2.45) is 0 Å². The maximum atomic E-state index is 9.07. The van der Waals surface area contributed by atoms with E-state index in [4.69, 9.17) is 16.7 Å². The normalized spacial score (nSPS) is 10.7. The highest BCUT2D eigenvalue weighted by molar-refractivity contribution is 5.92. The third-order valence-corrected chi connectivity index (χ3v) is 1.67. The first-order chi connectivity index (χ1) is 5.70. The van der Waals surface area contributed by atoms with Crippen molar-refractivity contribution in [3.8, 4) is 0 Å². The molecule has 5 N–H and O–H groups in total. The topological polar surface area (TPSA) is 103 Å². The third kappa shape index (κ3) is 0.685. The molecule has 0 aliphatic heterocycles. The predicted octanol–water partition coefficient (Wildman–Crippen LogP) is -0.167. The summed E-state index contributed by atoms with van der Waals surface area (Å²) in [5.41, 5.74) is 12.7. The van der Waals surface area contributed by atoms with Crippen molar-refractivity contribution in [3.63, 3.8) is 0 Å². The van der Waals surface area contributed by atoms with E-state index < -0.39 is 0 Å². The predicted molar refractivity (Wildman–Crippen MR) is 43.5 cm³/mol. The molecule has 0 radical (unpaired) electrons. The van der Waals surface area contributed by atoms with Crippen LogP contribution in [0, 0.1) is 0 Å². The molecule has 0 saturated heterocycles. The molecule has 62 valence electrons. The molecule has 0 atom stereocenters. The molecule has 12 heavy (non-hydrogen) atoms. The van der Waals surface area contributed by atoms with Crippen molar-refractivity contribution >= 4 is 22.4 Å². The van der Waals surface area contributed by atoms with Gasteiger partial charge in [-0.25, -0.2) is 0 Å². The number of rotatable bonds is 0. The molecule has 2 rings (SSSR count). The average molecular weight is 165 g/mol. The molecule has 0 fully saturated rings. The van der Waals surface area contributed by atoms with Crippen LogP contribution in [0.15, 0.2) is 12.1 Å². The molecule has 0 unspecified atom stereocenters. The van der Waals surface area contributed by atoms with Crippen LogP contribution >= 0.6 is 0 Å². The summed E-state index contributed by atoms with van der Waals surface area (Å²) < 4.78 is 0. The number of nitrogen functional groups attached to an aromatic ring is 2. The molecule has 6 nitrogen and oxygen atoms in total. The lowest BCUT2D eigenvalue weighted by atomic mass is 10.2. The molecule has 1 aromatic carbocycles. The fourth-order valence-electron chi connectivity index (χ4n) is 1.01. The molecule has 0 spiro atoms. The summed E-state index contributed by atoms with van der Waals surface area (Å²) in [4.78, 5) is 0.658. The zero-order valence-electron chi connectivity index (χ0n) is 6.10. The van der Waals surface area contributed by atoms with E-state index in [1.807, 2.05) is 0 Å². The van der Waals surface area contributed by atoms with Gasteiger partial charge in [0.15, 0.2) is 0 Å². The van der Waals surface area contributed by atoms with Gasteiger partial charge < -0.3 is 16.7 Å². The van der Waals surface area contributed by atoms with Crippen LogP contribution < -0.4 is 11.5 Å². The van der Waals surface area contributed by atoms with E-state index in [1.54, 1.807) is 12.1 Å². The fraction of sp³-hybridized carbons (Fsp3) is 0. The lowest BCUT2D eigenvalue weighted by molar-refractivity contribution is 0.155. The van der Waals surface area contributed by atoms with E-state index in [1.165, 1.54) is 0 Å². The van der Waals surface area contributed by atoms with Gasteiger partial charge in [0, 0.05) is 0 Å². The Morgan fingerprint density at radius 2 is 2.08 bits per heavy atom. The molecule has 1 heterocycles. The maximum Gasteiger partial charge on any atom is 0.142 e. The molecule has 0 saturated carbocycles. The first-order valence-corrected chi connectivity index (χ1v) is 3.29. The van der Waals surface area contributed by atoms with E-state index in [-0.39, 0.29) is 0 Å². The van der Waals surface area contributed by atoms with Crippen LogP contribution in [-0.2, 0) is 0 Å². The van der Waals surface area contributed by atoms with Gasteiger partial charge in [0.1, 0.15) is 11.0 Å². The monoisotopic (exact) mass is 165 g/mol. The minimum atomic E-state index is 0.341. The van der Waals surface area contributed by atoms with Gasteiger partial charge in [0.25, 0.3) is 0 Å². The van der Waals surface area contributed by atoms with Crippen molar-refractivity contribution in [1.29, 1.82) is 0 Å². The Bertz CT molecular complexity index is 435. The molecule has 6 heteroatoms. The second-order valence-corrected chi connectivity index (χ2v) is 2.42. The quantitative estimate of drug-likeness (QED) is 0.371. The zero-order valence-corrected chi connectivity index (χ0v) is 6.10. The summed E-state index contributed by atoms with van der Waals surface area (Å²) in [7, 11) is 0. The number of fused-ring (bicyclic) bond motifs is 1. The van der Waals surface area contributed by atoms with Crippen LogP contribution in [0.25, 0.3) is 11.0 Å². The van der Waals surface area contributed by atoms with Crippen LogP contribution in [0.4, 0.5) is 11.4 Å². The zero-order chi connectivity index (χ0) is 8.72. The van der Waals surface area contributed by atoms with Gasteiger partial charge in [-0.15, -0.1) is 5.10 Å². The van der Waals surface area contributed by atoms with Crippen molar-refractivity contribution in [2.75, 3.05) is 11.5 Å². The average Bonchev–Trinajstić information content (AvgIpc) is 2.41. The number of hydrogen-bond acceptors (Lipinski definition) is 5. The van der Waals surface area contributed by atoms with Gasteiger partial charge in [0.2, 0.25) is 0 Å².